The minimum atomic E-state index is -0.958. The lowest BCUT2D eigenvalue weighted by atomic mass is 10.1. The fourth-order valence-electron chi connectivity index (χ4n) is 0.566. The van der Waals surface area contributed by atoms with Crippen molar-refractivity contribution in [2.24, 2.45) is 11.5 Å². The summed E-state index contributed by atoms with van der Waals surface area (Å²) in [6.45, 7) is 1.83. The van der Waals surface area contributed by atoms with E-state index in [9.17, 15) is 4.79 Å². The van der Waals surface area contributed by atoms with Crippen LogP contribution >= 0.6 is 0 Å². The summed E-state index contributed by atoms with van der Waals surface area (Å²) < 4.78 is 0. The molecule has 2 unspecified atom stereocenters. The van der Waals surface area contributed by atoms with E-state index in [1.54, 1.807) is 0 Å². The van der Waals surface area contributed by atoms with Crippen molar-refractivity contribution < 1.29 is 9.90 Å². The zero-order valence-electron chi connectivity index (χ0n) is 6.08. The first-order valence-electron chi connectivity index (χ1n) is 3.28. The summed E-state index contributed by atoms with van der Waals surface area (Å²) in [6.07, 6.45) is 1.11. The number of hydrogen-bond acceptors (Lipinski definition) is 3. The molecule has 2 atom stereocenters. The van der Waals surface area contributed by atoms with Gasteiger partial charge in [0.15, 0.2) is 0 Å². The van der Waals surface area contributed by atoms with Crippen LogP contribution in [-0.4, -0.2) is 23.2 Å². The molecule has 4 heteroatoms. The molecule has 5 N–H and O–H groups in total. The van der Waals surface area contributed by atoms with Crippen LogP contribution in [0.2, 0.25) is 0 Å². The van der Waals surface area contributed by atoms with Gasteiger partial charge >= 0.3 is 5.97 Å². The number of hydrogen-bond donors (Lipinski definition) is 3. The summed E-state index contributed by atoms with van der Waals surface area (Å²) in [5.41, 5.74) is 10.6. The van der Waals surface area contributed by atoms with Crippen molar-refractivity contribution in [2.45, 2.75) is 31.8 Å². The Morgan fingerprint density at radius 2 is 2.00 bits per heavy atom. The average molecular weight is 146 g/mol. The second-order valence-corrected chi connectivity index (χ2v) is 2.50. The maximum Gasteiger partial charge on any atom is 0.320 e. The fourth-order valence-corrected chi connectivity index (χ4v) is 0.566. The zero-order chi connectivity index (χ0) is 8.15. The summed E-state index contributed by atoms with van der Waals surface area (Å²) >= 11 is 0. The third-order valence-corrected chi connectivity index (χ3v) is 1.25. The normalized spacial score (nSPS) is 16.3. The van der Waals surface area contributed by atoms with Crippen LogP contribution in [0.5, 0.6) is 0 Å². The Bertz CT molecular complexity index is 114. The standard InChI is InChI=1S/C6H14N2O2/c1-4(7)2-3-5(8)6(9)10/h4-5H,2-3,7-8H2,1H3,(H,9,10). The highest BCUT2D eigenvalue weighted by atomic mass is 16.4. The highest BCUT2D eigenvalue weighted by Gasteiger charge is 2.10. The smallest absolute Gasteiger partial charge is 0.320 e. The van der Waals surface area contributed by atoms with Gasteiger partial charge in [-0.05, 0) is 19.8 Å². The van der Waals surface area contributed by atoms with E-state index in [4.69, 9.17) is 16.6 Å². The largest absolute Gasteiger partial charge is 0.480 e. The topological polar surface area (TPSA) is 89.3 Å². The van der Waals surface area contributed by atoms with Gasteiger partial charge in [0.25, 0.3) is 0 Å². The Balaban J connectivity index is 3.40. The van der Waals surface area contributed by atoms with Crippen LogP contribution in [-0.2, 0) is 4.79 Å². The zero-order valence-corrected chi connectivity index (χ0v) is 6.08. The predicted octanol–water partition coefficient (Wildman–Crippen LogP) is -0.474. The molecule has 4 nitrogen and oxygen atoms in total. The molecule has 0 aliphatic rings. The first-order valence-corrected chi connectivity index (χ1v) is 3.28. The molecule has 0 bridgehead atoms. The van der Waals surface area contributed by atoms with Crippen LogP contribution in [0, 0.1) is 0 Å². The summed E-state index contributed by atoms with van der Waals surface area (Å²) in [4.78, 5) is 10.1. The molecule has 0 spiro atoms. The lowest BCUT2D eigenvalue weighted by molar-refractivity contribution is -0.138. The third kappa shape index (κ3) is 4.29. The molecule has 0 aromatic heterocycles. The van der Waals surface area contributed by atoms with Crippen molar-refractivity contribution in [2.75, 3.05) is 0 Å². The van der Waals surface area contributed by atoms with Gasteiger partial charge in [0.1, 0.15) is 6.04 Å². The van der Waals surface area contributed by atoms with E-state index < -0.39 is 12.0 Å². The highest BCUT2D eigenvalue weighted by molar-refractivity contribution is 5.72. The van der Waals surface area contributed by atoms with Gasteiger partial charge < -0.3 is 16.6 Å². The molecule has 0 amide bonds. The summed E-state index contributed by atoms with van der Waals surface area (Å²) in [5.74, 6) is -0.958. The molecular formula is C6H14N2O2. The molecule has 0 aromatic rings. The van der Waals surface area contributed by atoms with Gasteiger partial charge in [0.05, 0.1) is 0 Å². The minimum Gasteiger partial charge on any atom is -0.480 e. The Morgan fingerprint density at radius 3 is 2.30 bits per heavy atom. The Morgan fingerprint density at radius 1 is 1.50 bits per heavy atom. The van der Waals surface area contributed by atoms with Gasteiger partial charge in [0.2, 0.25) is 0 Å². The Labute approximate surface area is 60.2 Å². The van der Waals surface area contributed by atoms with Crippen LogP contribution in [0.4, 0.5) is 0 Å². The predicted molar refractivity (Wildman–Crippen MR) is 38.5 cm³/mol. The second kappa shape index (κ2) is 4.24. The van der Waals surface area contributed by atoms with E-state index in [-0.39, 0.29) is 6.04 Å². The molecule has 60 valence electrons. The fraction of sp³-hybridized carbons (Fsp3) is 0.833. The molecular weight excluding hydrogens is 132 g/mol. The first kappa shape index (κ1) is 9.39. The molecule has 0 rings (SSSR count). The summed E-state index contributed by atoms with van der Waals surface area (Å²) in [7, 11) is 0. The van der Waals surface area contributed by atoms with Crippen molar-refractivity contribution in [3.05, 3.63) is 0 Å². The molecule has 0 aliphatic heterocycles. The summed E-state index contributed by atoms with van der Waals surface area (Å²) in [5, 5.41) is 8.33. The molecule has 0 heterocycles. The number of carboxylic acid groups (broad SMARTS) is 1. The monoisotopic (exact) mass is 146 g/mol. The number of rotatable bonds is 4. The van der Waals surface area contributed by atoms with Crippen molar-refractivity contribution >= 4 is 5.97 Å². The molecule has 0 aliphatic carbocycles. The number of carboxylic acids is 1. The average Bonchev–Trinajstić information content (AvgIpc) is 1.82. The molecule has 0 saturated heterocycles. The van der Waals surface area contributed by atoms with Crippen LogP contribution in [0.15, 0.2) is 0 Å². The van der Waals surface area contributed by atoms with Crippen LogP contribution in [0.3, 0.4) is 0 Å². The van der Waals surface area contributed by atoms with E-state index in [0.29, 0.717) is 12.8 Å². The molecule has 0 fully saturated rings. The van der Waals surface area contributed by atoms with Gasteiger partial charge in [-0.2, -0.15) is 0 Å². The SMILES string of the molecule is CC(N)CCC(N)C(=O)O. The third-order valence-electron chi connectivity index (χ3n) is 1.25. The molecule has 0 aromatic carbocycles. The van der Waals surface area contributed by atoms with Crippen molar-refractivity contribution in [3.8, 4) is 0 Å². The van der Waals surface area contributed by atoms with E-state index in [0.717, 1.165) is 0 Å². The van der Waals surface area contributed by atoms with Crippen LogP contribution in [0.25, 0.3) is 0 Å². The number of nitrogens with two attached hydrogens (primary N) is 2. The number of carbonyl (C=O) groups is 1. The first-order chi connectivity index (χ1) is 4.54. The van der Waals surface area contributed by atoms with Crippen LogP contribution < -0.4 is 11.5 Å². The van der Waals surface area contributed by atoms with E-state index >= 15 is 0 Å². The van der Waals surface area contributed by atoms with Gasteiger partial charge in [-0.15, -0.1) is 0 Å². The Hall–Kier alpha value is -0.610. The van der Waals surface area contributed by atoms with E-state index in [2.05, 4.69) is 0 Å². The van der Waals surface area contributed by atoms with E-state index in [1.807, 2.05) is 6.92 Å². The van der Waals surface area contributed by atoms with Crippen molar-refractivity contribution in [3.63, 3.8) is 0 Å². The van der Waals surface area contributed by atoms with Gasteiger partial charge in [-0.3, -0.25) is 4.79 Å². The second-order valence-electron chi connectivity index (χ2n) is 2.50. The lowest BCUT2D eigenvalue weighted by Crippen LogP contribution is -2.31. The van der Waals surface area contributed by atoms with Crippen LogP contribution in [0.1, 0.15) is 19.8 Å². The summed E-state index contributed by atoms with van der Waals surface area (Å²) in [6, 6.07) is -0.726. The van der Waals surface area contributed by atoms with Gasteiger partial charge in [0, 0.05) is 6.04 Å². The quantitative estimate of drug-likeness (QED) is 0.500. The Kier molecular flexibility index (Phi) is 3.99. The van der Waals surface area contributed by atoms with Gasteiger partial charge in [-0.1, -0.05) is 0 Å². The highest BCUT2D eigenvalue weighted by Crippen LogP contribution is 1.96. The maximum absolute atomic E-state index is 10.1. The van der Waals surface area contributed by atoms with Crippen molar-refractivity contribution in [1.82, 2.24) is 0 Å². The molecule has 0 saturated carbocycles. The van der Waals surface area contributed by atoms with E-state index in [1.165, 1.54) is 0 Å². The molecule has 10 heavy (non-hydrogen) atoms. The van der Waals surface area contributed by atoms with Crippen molar-refractivity contribution in [1.29, 1.82) is 0 Å². The lowest BCUT2D eigenvalue weighted by Gasteiger charge is -2.07. The van der Waals surface area contributed by atoms with Gasteiger partial charge in [-0.25, -0.2) is 0 Å². The minimum absolute atomic E-state index is 0.0328. The molecule has 0 radical (unpaired) electrons. The number of aliphatic carboxylic acids is 1. The maximum atomic E-state index is 10.1.